The fourth-order valence-electron chi connectivity index (χ4n) is 2.59. The minimum Gasteiger partial charge on any atom is -0.483 e. The highest BCUT2D eigenvalue weighted by molar-refractivity contribution is 5.85. The summed E-state index contributed by atoms with van der Waals surface area (Å²) in [5, 5.41) is 3.67. The summed E-state index contributed by atoms with van der Waals surface area (Å²) in [6.07, 6.45) is 1.04. The number of carbonyl (C=O) groups is 1. The van der Waals surface area contributed by atoms with Crippen LogP contribution in [0.15, 0.2) is 41.5 Å². The van der Waals surface area contributed by atoms with Crippen LogP contribution in [0.3, 0.4) is 0 Å². The largest absolute Gasteiger partial charge is 0.483 e. The van der Waals surface area contributed by atoms with Crippen molar-refractivity contribution in [3.63, 3.8) is 0 Å². The number of nitrogens with one attached hydrogen (secondary N) is 1. The van der Waals surface area contributed by atoms with E-state index in [2.05, 4.69) is 20.0 Å². The maximum atomic E-state index is 12.6. The Labute approximate surface area is 176 Å². The van der Waals surface area contributed by atoms with Crippen molar-refractivity contribution in [3.05, 3.63) is 53.1 Å². The first kappa shape index (κ1) is 24.0. The smallest absolute Gasteiger partial charge is 0.387 e. The van der Waals surface area contributed by atoms with Crippen LogP contribution in [0, 0.1) is 6.92 Å². The number of ether oxygens (including phenoxy) is 3. The van der Waals surface area contributed by atoms with E-state index in [1.165, 1.54) is 6.07 Å². The number of nitrogens with zero attached hydrogens (tertiary/aromatic N) is 1. The summed E-state index contributed by atoms with van der Waals surface area (Å²) in [5.41, 5.74) is 4.14. The summed E-state index contributed by atoms with van der Waals surface area (Å²) in [5.74, 6) is -0.608. The first-order valence-electron chi connectivity index (χ1n) is 9.24. The Kier molecular flexibility index (Phi) is 8.65. The van der Waals surface area contributed by atoms with Crippen LogP contribution in [0.5, 0.6) is 17.2 Å². The van der Waals surface area contributed by atoms with Gasteiger partial charge in [0.25, 0.3) is 5.91 Å². The molecule has 1 N–H and O–H groups in total. The van der Waals surface area contributed by atoms with Crippen molar-refractivity contribution in [1.82, 2.24) is 5.43 Å². The van der Waals surface area contributed by atoms with Crippen LogP contribution in [0.2, 0.25) is 0 Å². The second kappa shape index (κ2) is 11.2. The van der Waals surface area contributed by atoms with Gasteiger partial charge in [-0.3, -0.25) is 4.79 Å². The maximum absolute atomic E-state index is 12.6. The lowest BCUT2D eigenvalue weighted by Crippen LogP contribution is -2.25. The summed E-state index contributed by atoms with van der Waals surface area (Å²) < 4.78 is 63.8. The summed E-state index contributed by atoms with van der Waals surface area (Å²) in [6, 6.07) is 8.88. The van der Waals surface area contributed by atoms with E-state index >= 15 is 0 Å². The number of rotatable bonds is 10. The van der Waals surface area contributed by atoms with Gasteiger partial charge in [-0.1, -0.05) is 26.0 Å². The summed E-state index contributed by atoms with van der Waals surface area (Å²) >= 11 is 0. The van der Waals surface area contributed by atoms with Crippen molar-refractivity contribution >= 4 is 12.1 Å². The Morgan fingerprint density at radius 2 is 1.74 bits per heavy atom. The molecule has 0 aliphatic rings. The number of halogens is 4. The number of hydrazone groups is 1. The molecule has 2 aromatic carbocycles. The molecule has 0 fully saturated rings. The molecule has 6 nitrogen and oxygen atoms in total. The maximum Gasteiger partial charge on any atom is 0.387 e. The van der Waals surface area contributed by atoms with Gasteiger partial charge in [0, 0.05) is 11.6 Å². The van der Waals surface area contributed by atoms with E-state index in [0.717, 1.165) is 29.5 Å². The van der Waals surface area contributed by atoms with Crippen molar-refractivity contribution in [2.75, 3.05) is 6.61 Å². The first-order chi connectivity index (χ1) is 14.7. The molecule has 0 aliphatic carbocycles. The van der Waals surface area contributed by atoms with E-state index in [1.54, 1.807) is 0 Å². The van der Waals surface area contributed by atoms with Gasteiger partial charge < -0.3 is 14.2 Å². The van der Waals surface area contributed by atoms with Crippen LogP contribution in [-0.4, -0.2) is 32.0 Å². The predicted octanol–water partition coefficient (Wildman–Crippen LogP) is 4.85. The molecule has 0 radical (unpaired) electrons. The van der Waals surface area contributed by atoms with Crippen molar-refractivity contribution in [2.24, 2.45) is 5.10 Å². The van der Waals surface area contributed by atoms with E-state index in [4.69, 9.17) is 4.74 Å². The minimum atomic E-state index is -3.19. The molecule has 0 saturated carbocycles. The molecule has 0 bridgehead atoms. The van der Waals surface area contributed by atoms with Crippen LogP contribution >= 0.6 is 0 Å². The summed E-state index contributed by atoms with van der Waals surface area (Å²) in [6.45, 7) is -0.735. The zero-order chi connectivity index (χ0) is 23.0. The van der Waals surface area contributed by atoms with Crippen molar-refractivity contribution in [2.45, 2.75) is 39.9 Å². The Bertz CT molecular complexity index is 920. The molecule has 0 spiro atoms. The van der Waals surface area contributed by atoms with E-state index in [0.29, 0.717) is 5.75 Å². The van der Waals surface area contributed by atoms with Crippen LogP contribution in [0.1, 0.15) is 36.5 Å². The Morgan fingerprint density at radius 1 is 1.03 bits per heavy atom. The third-order valence-corrected chi connectivity index (χ3v) is 3.97. The third-order valence-electron chi connectivity index (χ3n) is 3.97. The number of aryl methyl sites for hydroxylation is 1. The average molecular weight is 442 g/mol. The SMILES string of the molecule is Cc1ccc(C(C)C)c(OCC(=O)N/N=C/c2ccc(OC(F)F)cc2OC(F)F)c1. The lowest BCUT2D eigenvalue weighted by Gasteiger charge is -2.14. The molecule has 0 saturated heterocycles. The van der Waals surface area contributed by atoms with Gasteiger partial charge in [-0.25, -0.2) is 5.43 Å². The summed E-state index contributed by atoms with van der Waals surface area (Å²) in [4.78, 5) is 12.0. The zero-order valence-corrected chi connectivity index (χ0v) is 17.1. The number of benzene rings is 2. The van der Waals surface area contributed by atoms with E-state index in [-0.39, 0.29) is 23.8 Å². The third kappa shape index (κ3) is 7.80. The molecule has 0 aromatic heterocycles. The number of carbonyl (C=O) groups excluding carboxylic acids is 1. The van der Waals surface area contributed by atoms with Crippen molar-refractivity contribution < 1.29 is 36.6 Å². The molecule has 2 aromatic rings. The number of alkyl halides is 4. The van der Waals surface area contributed by atoms with E-state index in [1.807, 2.05) is 39.0 Å². The number of hydrogen-bond donors (Lipinski definition) is 1. The highest BCUT2D eigenvalue weighted by Crippen LogP contribution is 2.28. The Balaban J connectivity index is 2.01. The lowest BCUT2D eigenvalue weighted by molar-refractivity contribution is -0.123. The Hall–Kier alpha value is -3.30. The van der Waals surface area contributed by atoms with Crippen LogP contribution in [0.4, 0.5) is 17.6 Å². The first-order valence-corrected chi connectivity index (χ1v) is 9.24. The fourth-order valence-corrected chi connectivity index (χ4v) is 2.59. The lowest BCUT2D eigenvalue weighted by atomic mass is 10.0. The topological polar surface area (TPSA) is 69.2 Å². The molecule has 2 rings (SSSR count). The van der Waals surface area contributed by atoms with Crippen molar-refractivity contribution in [3.8, 4) is 17.2 Å². The highest BCUT2D eigenvalue weighted by Gasteiger charge is 2.13. The molecule has 0 heterocycles. The average Bonchev–Trinajstić information content (AvgIpc) is 2.67. The number of amides is 1. The normalized spacial score (nSPS) is 11.4. The molecule has 10 heteroatoms. The highest BCUT2D eigenvalue weighted by atomic mass is 19.3. The van der Waals surface area contributed by atoms with Gasteiger partial charge in [0.05, 0.1) is 6.21 Å². The minimum absolute atomic E-state index is 0.0175. The molecule has 0 atom stereocenters. The van der Waals surface area contributed by atoms with Crippen molar-refractivity contribution in [1.29, 1.82) is 0 Å². The molecular weight excluding hydrogens is 420 g/mol. The van der Waals surface area contributed by atoms with Gasteiger partial charge in [-0.15, -0.1) is 0 Å². The van der Waals surface area contributed by atoms with Gasteiger partial charge >= 0.3 is 13.2 Å². The van der Waals surface area contributed by atoms with Crippen LogP contribution in [0.25, 0.3) is 0 Å². The summed E-state index contributed by atoms with van der Waals surface area (Å²) in [7, 11) is 0. The van der Waals surface area contributed by atoms with Crippen LogP contribution < -0.4 is 19.6 Å². The number of hydrogen-bond acceptors (Lipinski definition) is 5. The zero-order valence-electron chi connectivity index (χ0n) is 17.1. The van der Waals surface area contributed by atoms with E-state index in [9.17, 15) is 22.4 Å². The quantitative estimate of drug-likeness (QED) is 0.325. The second-order valence-corrected chi connectivity index (χ2v) is 6.73. The van der Waals surface area contributed by atoms with Gasteiger partial charge in [-0.05, 0) is 42.2 Å². The van der Waals surface area contributed by atoms with Gasteiger partial charge in [-0.2, -0.15) is 22.7 Å². The monoisotopic (exact) mass is 442 g/mol. The molecule has 1 amide bonds. The Morgan fingerprint density at radius 3 is 2.39 bits per heavy atom. The molecule has 0 aliphatic heterocycles. The van der Waals surface area contributed by atoms with Gasteiger partial charge in [0.15, 0.2) is 6.61 Å². The van der Waals surface area contributed by atoms with E-state index < -0.39 is 24.9 Å². The second-order valence-electron chi connectivity index (χ2n) is 6.73. The van der Waals surface area contributed by atoms with Crippen LogP contribution in [-0.2, 0) is 4.79 Å². The van der Waals surface area contributed by atoms with Gasteiger partial charge in [0.1, 0.15) is 17.2 Å². The fraction of sp³-hybridized carbons (Fsp3) is 0.333. The molecule has 0 unspecified atom stereocenters. The molecule has 168 valence electrons. The molecule has 31 heavy (non-hydrogen) atoms. The van der Waals surface area contributed by atoms with Gasteiger partial charge in [0.2, 0.25) is 0 Å². The molecular formula is C21H22F4N2O4. The standard InChI is InChI=1S/C21H22F4N2O4/c1-12(2)16-7-4-13(3)8-18(16)29-11-19(28)27-26-10-14-5-6-15(30-20(22)23)9-17(14)31-21(24)25/h4-10,12,20-21H,11H2,1-3H3,(H,27,28)/b26-10+. The predicted molar refractivity (Wildman–Crippen MR) is 106 cm³/mol.